The van der Waals surface area contributed by atoms with Crippen molar-refractivity contribution in [1.82, 2.24) is 9.03 Å². The predicted octanol–water partition coefficient (Wildman–Crippen LogP) is 2.03. The monoisotopic (exact) mass is 342 g/mol. The van der Waals surface area contributed by atoms with E-state index in [-0.39, 0.29) is 12.8 Å². The molecule has 1 atom stereocenters. The van der Waals surface area contributed by atoms with Crippen molar-refractivity contribution in [2.24, 2.45) is 0 Å². The van der Waals surface area contributed by atoms with Crippen LogP contribution in [0.4, 0.5) is 0 Å². The lowest BCUT2D eigenvalue weighted by Gasteiger charge is -2.23. The van der Waals surface area contributed by atoms with E-state index in [1.54, 1.807) is 0 Å². The van der Waals surface area contributed by atoms with Gasteiger partial charge in [-0.05, 0) is 24.8 Å². The molecule has 1 rings (SSSR count). The molecule has 23 heavy (non-hydrogen) atoms. The van der Waals surface area contributed by atoms with E-state index in [1.165, 1.54) is 11.4 Å². The first-order valence-corrected chi connectivity index (χ1v) is 9.28. The number of hydrogen-bond acceptors (Lipinski definition) is 3. The van der Waals surface area contributed by atoms with Gasteiger partial charge in [-0.3, -0.25) is 4.79 Å². The Morgan fingerprint density at radius 3 is 2.52 bits per heavy atom. The number of rotatable bonds is 11. The SMILES string of the molecule is CCCCN(C)S(=O)(=O)NC(CCC(=O)O)Cc1ccccc1. The van der Waals surface area contributed by atoms with E-state index in [9.17, 15) is 13.2 Å². The molecule has 0 saturated carbocycles. The van der Waals surface area contributed by atoms with Gasteiger partial charge in [0.1, 0.15) is 0 Å². The summed E-state index contributed by atoms with van der Waals surface area (Å²) in [5, 5.41) is 8.86. The minimum Gasteiger partial charge on any atom is -0.481 e. The number of carboxylic acids is 1. The molecule has 0 amide bonds. The summed E-state index contributed by atoms with van der Waals surface area (Å²) in [6.45, 7) is 2.45. The third kappa shape index (κ3) is 7.58. The molecular formula is C16H26N2O4S. The Labute approximate surface area is 138 Å². The van der Waals surface area contributed by atoms with Crippen LogP contribution in [0.2, 0.25) is 0 Å². The fourth-order valence-corrected chi connectivity index (χ4v) is 3.37. The summed E-state index contributed by atoms with van der Waals surface area (Å²) in [6.07, 6.45) is 2.35. The molecule has 1 aromatic rings. The van der Waals surface area contributed by atoms with E-state index < -0.39 is 22.2 Å². The van der Waals surface area contributed by atoms with Crippen molar-refractivity contribution in [3.63, 3.8) is 0 Å². The third-order valence-electron chi connectivity index (χ3n) is 3.58. The predicted molar refractivity (Wildman–Crippen MR) is 90.4 cm³/mol. The van der Waals surface area contributed by atoms with Crippen molar-refractivity contribution in [3.05, 3.63) is 35.9 Å². The summed E-state index contributed by atoms with van der Waals surface area (Å²) in [6, 6.07) is 9.02. The fraction of sp³-hybridized carbons (Fsp3) is 0.562. The first kappa shape index (κ1) is 19.6. The summed E-state index contributed by atoms with van der Waals surface area (Å²) in [4.78, 5) is 10.8. The molecule has 0 saturated heterocycles. The highest BCUT2D eigenvalue weighted by molar-refractivity contribution is 7.87. The zero-order chi connectivity index (χ0) is 17.3. The smallest absolute Gasteiger partial charge is 0.303 e. The highest BCUT2D eigenvalue weighted by atomic mass is 32.2. The molecule has 0 fully saturated rings. The Kier molecular flexibility index (Phi) is 8.22. The van der Waals surface area contributed by atoms with Gasteiger partial charge in [0.05, 0.1) is 0 Å². The lowest BCUT2D eigenvalue weighted by Crippen LogP contribution is -2.45. The Morgan fingerprint density at radius 2 is 1.96 bits per heavy atom. The zero-order valence-corrected chi connectivity index (χ0v) is 14.6. The van der Waals surface area contributed by atoms with Crippen LogP contribution in [0.5, 0.6) is 0 Å². The maximum atomic E-state index is 12.3. The summed E-state index contributed by atoms with van der Waals surface area (Å²) in [5.41, 5.74) is 0.974. The lowest BCUT2D eigenvalue weighted by molar-refractivity contribution is -0.137. The second kappa shape index (κ2) is 9.64. The standard InChI is InChI=1S/C16H26N2O4S/c1-3-4-12-18(2)23(21,22)17-15(10-11-16(19)20)13-14-8-6-5-7-9-14/h5-9,15,17H,3-4,10-13H2,1-2H3,(H,19,20). The van der Waals surface area contributed by atoms with Crippen molar-refractivity contribution in [2.45, 2.75) is 45.1 Å². The highest BCUT2D eigenvalue weighted by Gasteiger charge is 2.22. The van der Waals surface area contributed by atoms with Gasteiger partial charge in [0.15, 0.2) is 0 Å². The second-order valence-electron chi connectivity index (χ2n) is 5.62. The molecule has 1 aromatic carbocycles. The maximum absolute atomic E-state index is 12.3. The zero-order valence-electron chi connectivity index (χ0n) is 13.7. The Bertz CT molecular complexity index is 575. The summed E-state index contributed by atoms with van der Waals surface area (Å²) in [7, 11) is -2.07. The van der Waals surface area contributed by atoms with Gasteiger partial charge in [-0.1, -0.05) is 43.7 Å². The van der Waals surface area contributed by atoms with Crippen LogP contribution in [0.15, 0.2) is 30.3 Å². The van der Waals surface area contributed by atoms with Crippen LogP contribution in [0, 0.1) is 0 Å². The minimum atomic E-state index is -3.61. The molecule has 0 aliphatic heterocycles. The molecule has 7 heteroatoms. The fourth-order valence-electron chi connectivity index (χ4n) is 2.20. The molecule has 2 N–H and O–H groups in total. The lowest BCUT2D eigenvalue weighted by atomic mass is 10.0. The van der Waals surface area contributed by atoms with Crippen LogP contribution in [-0.2, 0) is 21.4 Å². The van der Waals surface area contributed by atoms with Gasteiger partial charge in [-0.2, -0.15) is 17.4 Å². The number of hydrogen-bond donors (Lipinski definition) is 2. The molecule has 0 aromatic heterocycles. The maximum Gasteiger partial charge on any atom is 0.303 e. The molecule has 0 heterocycles. The van der Waals surface area contributed by atoms with Crippen LogP contribution >= 0.6 is 0 Å². The number of carbonyl (C=O) groups is 1. The first-order valence-electron chi connectivity index (χ1n) is 7.84. The van der Waals surface area contributed by atoms with Crippen LogP contribution in [0.3, 0.4) is 0 Å². The molecule has 0 bridgehead atoms. The Hall–Kier alpha value is -1.44. The quantitative estimate of drug-likeness (QED) is 0.644. The van der Waals surface area contributed by atoms with Crippen molar-refractivity contribution < 1.29 is 18.3 Å². The molecule has 0 aliphatic carbocycles. The molecule has 0 aliphatic rings. The molecular weight excluding hydrogens is 316 g/mol. The van der Waals surface area contributed by atoms with E-state index in [4.69, 9.17) is 5.11 Å². The van der Waals surface area contributed by atoms with Gasteiger partial charge in [0, 0.05) is 26.1 Å². The van der Waals surface area contributed by atoms with Gasteiger partial charge in [0.2, 0.25) is 0 Å². The van der Waals surface area contributed by atoms with Gasteiger partial charge in [-0.15, -0.1) is 0 Å². The molecule has 1 unspecified atom stereocenters. The number of benzene rings is 1. The highest BCUT2D eigenvalue weighted by Crippen LogP contribution is 2.10. The Balaban J connectivity index is 2.76. The third-order valence-corrected chi connectivity index (χ3v) is 5.22. The normalized spacial score (nSPS) is 13.2. The first-order chi connectivity index (χ1) is 10.8. The summed E-state index contributed by atoms with van der Waals surface area (Å²) >= 11 is 0. The van der Waals surface area contributed by atoms with E-state index in [0.717, 1.165) is 18.4 Å². The van der Waals surface area contributed by atoms with Crippen molar-refractivity contribution >= 4 is 16.2 Å². The number of carboxylic acid groups (broad SMARTS) is 1. The topological polar surface area (TPSA) is 86.7 Å². The minimum absolute atomic E-state index is 0.0707. The summed E-state index contributed by atoms with van der Waals surface area (Å²) < 4.78 is 28.6. The van der Waals surface area contributed by atoms with Gasteiger partial charge < -0.3 is 5.11 Å². The molecule has 0 radical (unpaired) electrons. The number of nitrogens with zero attached hydrogens (tertiary/aromatic N) is 1. The molecule has 130 valence electrons. The second-order valence-corrected chi connectivity index (χ2v) is 7.43. The van der Waals surface area contributed by atoms with Gasteiger partial charge >= 0.3 is 5.97 Å². The number of unbranched alkanes of at least 4 members (excludes halogenated alkanes) is 1. The van der Waals surface area contributed by atoms with Crippen LogP contribution in [0.25, 0.3) is 0 Å². The van der Waals surface area contributed by atoms with Crippen molar-refractivity contribution in [2.75, 3.05) is 13.6 Å². The van der Waals surface area contributed by atoms with E-state index in [1.807, 2.05) is 37.3 Å². The van der Waals surface area contributed by atoms with E-state index in [2.05, 4.69) is 4.72 Å². The summed E-state index contributed by atoms with van der Waals surface area (Å²) in [5.74, 6) is -0.929. The molecule has 6 nitrogen and oxygen atoms in total. The Morgan fingerprint density at radius 1 is 1.30 bits per heavy atom. The largest absolute Gasteiger partial charge is 0.481 e. The average molecular weight is 342 g/mol. The number of aliphatic carboxylic acids is 1. The van der Waals surface area contributed by atoms with E-state index in [0.29, 0.717) is 13.0 Å². The number of nitrogens with one attached hydrogen (secondary N) is 1. The van der Waals surface area contributed by atoms with Gasteiger partial charge in [0.25, 0.3) is 10.2 Å². The van der Waals surface area contributed by atoms with Crippen LogP contribution in [0.1, 0.15) is 38.2 Å². The van der Waals surface area contributed by atoms with Gasteiger partial charge in [-0.25, -0.2) is 0 Å². The van der Waals surface area contributed by atoms with E-state index >= 15 is 0 Å². The molecule has 0 spiro atoms. The van der Waals surface area contributed by atoms with Crippen LogP contribution in [-0.4, -0.2) is 43.4 Å². The van der Waals surface area contributed by atoms with Crippen molar-refractivity contribution in [3.8, 4) is 0 Å². The van der Waals surface area contributed by atoms with Crippen LogP contribution < -0.4 is 4.72 Å². The average Bonchev–Trinajstić information content (AvgIpc) is 2.50. The van der Waals surface area contributed by atoms with Crippen molar-refractivity contribution in [1.29, 1.82) is 0 Å².